The summed E-state index contributed by atoms with van der Waals surface area (Å²) in [5.74, 6) is 0.591. The molecule has 0 radical (unpaired) electrons. The lowest BCUT2D eigenvalue weighted by molar-refractivity contribution is 0.0698. The fourth-order valence-corrected chi connectivity index (χ4v) is 3.07. The maximum Gasteiger partial charge on any atom is 0.191 e. The number of methoxy groups -OCH3 is 1. The van der Waals surface area contributed by atoms with Crippen LogP contribution in [0.1, 0.15) is 6.42 Å². The Morgan fingerprint density at radius 3 is 2.46 bits per heavy atom. The molecule has 1 rings (SSSR count). The van der Waals surface area contributed by atoms with E-state index in [2.05, 4.69) is 15.6 Å². The summed E-state index contributed by atoms with van der Waals surface area (Å²) in [5, 5.41) is 6.12. The summed E-state index contributed by atoms with van der Waals surface area (Å²) in [5.41, 5.74) is 0. The van der Waals surface area contributed by atoms with Crippen molar-refractivity contribution in [3.63, 3.8) is 0 Å². The first kappa shape index (κ1) is 20.4. The van der Waals surface area contributed by atoms with Crippen molar-refractivity contribution in [1.29, 1.82) is 0 Å². The van der Waals surface area contributed by atoms with E-state index in [0.29, 0.717) is 43.8 Å². The van der Waals surface area contributed by atoms with Crippen LogP contribution in [0.2, 0.25) is 0 Å². The van der Waals surface area contributed by atoms with Crippen molar-refractivity contribution >= 4 is 15.8 Å². The van der Waals surface area contributed by atoms with E-state index in [4.69, 9.17) is 9.47 Å². The van der Waals surface area contributed by atoms with Gasteiger partial charge in [0.1, 0.15) is 0 Å². The standard InChI is InChI=1S/C16H27N3O4S/c1-17-16(18-9-6-11-23-13-12-22-2)19-10-14-24(20,21)15-7-4-3-5-8-15/h3-5,7-8H,6,9-14H2,1-2H3,(H2,17,18,19). The van der Waals surface area contributed by atoms with Crippen LogP contribution in [0.3, 0.4) is 0 Å². The van der Waals surface area contributed by atoms with Gasteiger partial charge in [0.05, 0.1) is 23.9 Å². The Morgan fingerprint density at radius 1 is 1.08 bits per heavy atom. The number of nitrogens with one attached hydrogen (secondary N) is 2. The quantitative estimate of drug-likeness (QED) is 0.344. The topological polar surface area (TPSA) is 89.0 Å². The molecule has 0 amide bonds. The molecule has 0 heterocycles. The predicted molar refractivity (Wildman–Crippen MR) is 95.2 cm³/mol. The van der Waals surface area contributed by atoms with Crippen molar-refractivity contribution in [3.8, 4) is 0 Å². The lowest BCUT2D eigenvalue weighted by atomic mass is 10.4. The lowest BCUT2D eigenvalue weighted by Crippen LogP contribution is -2.40. The van der Waals surface area contributed by atoms with Crippen molar-refractivity contribution in [2.24, 2.45) is 4.99 Å². The SMILES string of the molecule is CN=C(NCCCOCCOC)NCCS(=O)(=O)c1ccccc1. The number of ether oxygens (including phenoxy) is 2. The second-order valence-corrected chi connectivity index (χ2v) is 7.13. The van der Waals surface area contributed by atoms with Gasteiger partial charge in [-0.25, -0.2) is 8.42 Å². The minimum Gasteiger partial charge on any atom is -0.382 e. The molecule has 24 heavy (non-hydrogen) atoms. The first-order valence-electron chi connectivity index (χ1n) is 7.89. The monoisotopic (exact) mass is 357 g/mol. The summed E-state index contributed by atoms with van der Waals surface area (Å²) >= 11 is 0. The molecule has 0 aliphatic rings. The van der Waals surface area contributed by atoms with Crippen LogP contribution in [-0.2, 0) is 19.3 Å². The lowest BCUT2D eigenvalue weighted by Gasteiger charge is -2.12. The van der Waals surface area contributed by atoms with Gasteiger partial charge in [-0.15, -0.1) is 0 Å². The Kier molecular flexibility index (Phi) is 10.1. The molecule has 0 aliphatic heterocycles. The maximum atomic E-state index is 12.2. The van der Waals surface area contributed by atoms with Crippen molar-refractivity contribution < 1.29 is 17.9 Å². The normalized spacial score (nSPS) is 12.2. The van der Waals surface area contributed by atoms with Crippen LogP contribution in [0, 0.1) is 0 Å². The second-order valence-electron chi connectivity index (χ2n) is 5.02. The van der Waals surface area contributed by atoms with Crippen molar-refractivity contribution in [3.05, 3.63) is 30.3 Å². The maximum absolute atomic E-state index is 12.2. The van der Waals surface area contributed by atoms with Gasteiger partial charge >= 0.3 is 0 Å². The Balaban J connectivity index is 2.22. The summed E-state index contributed by atoms with van der Waals surface area (Å²) < 4.78 is 34.6. The zero-order valence-electron chi connectivity index (χ0n) is 14.3. The molecular formula is C16H27N3O4S. The van der Waals surface area contributed by atoms with Gasteiger partial charge in [0.2, 0.25) is 0 Å². The second kappa shape index (κ2) is 11.8. The van der Waals surface area contributed by atoms with Crippen LogP contribution in [0.5, 0.6) is 0 Å². The molecule has 0 unspecified atom stereocenters. The number of guanidine groups is 1. The Bertz CT molecular complexity index is 576. The number of hydrogen-bond donors (Lipinski definition) is 2. The highest BCUT2D eigenvalue weighted by atomic mass is 32.2. The first-order valence-corrected chi connectivity index (χ1v) is 9.54. The summed E-state index contributed by atoms with van der Waals surface area (Å²) in [6.07, 6.45) is 0.826. The van der Waals surface area contributed by atoms with Gasteiger partial charge in [0, 0.05) is 33.9 Å². The molecule has 7 nitrogen and oxygen atoms in total. The van der Waals surface area contributed by atoms with Crippen LogP contribution in [0.25, 0.3) is 0 Å². The molecule has 0 spiro atoms. The average Bonchev–Trinajstić information content (AvgIpc) is 2.60. The summed E-state index contributed by atoms with van der Waals surface area (Å²) in [7, 11) is 0.00710. The average molecular weight is 357 g/mol. The van der Waals surface area contributed by atoms with Crippen LogP contribution in [-0.4, -0.2) is 67.2 Å². The van der Waals surface area contributed by atoms with E-state index in [9.17, 15) is 8.42 Å². The smallest absolute Gasteiger partial charge is 0.191 e. The predicted octanol–water partition coefficient (Wildman–Crippen LogP) is 0.678. The van der Waals surface area contributed by atoms with Gasteiger partial charge in [-0.05, 0) is 18.6 Å². The minimum atomic E-state index is -3.28. The van der Waals surface area contributed by atoms with E-state index in [1.807, 2.05) is 0 Å². The highest BCUT2D eigenvalue weighted by Crippen LogP contribution is 2.09. The molecule has 1 aromatic rings. The van der Waals surface area contributed by atoms with Crippen LogP contribution >= 0.6 is 0 Å². The van der Waals surface area contributed by atoms with E-state index >= 15 is 0 Å². The van der Waals surface area contributed by atoms with Crippen molar-refractivity contribution in [2.45, 2.75) is 11.3 Å². The number of nitrogens with zero attached hydrogens (tertiary/aromatic N) is 1. The Morgan fingerprint density at radius 2 is 1.79 bits per heavy atom. The molecule has 0 atom stereocenters. The van der Waals surface area contributed by atoms with Gasteiger partial charge in [-0.3, -0.25) is 4.99 Å². The first-order chi connectivity index (χ1) is 11.6. The Hall–Kier alpha value is -1.64. The molecule has 0 fully saturated rings. The van der Waals surface area contributed by atoms with Gasteiger partial charge in [-0.1, -0.05) is 18.2 Å². The van der Waals surface area contributed by atoms with Crippen LogP contribution < -0.4 is 10.6 Å². The molecule has 0 saturated carbocycles. The van der Waals surface area contributed by atoms with E-state index in [1.54, 1.807) is 44.5 Å². The number of sulfone groups is 1. The number of aliphatic imine (C=N–C) groups is 1. The zero-order chi connectivity index (χ0) is 17.7. The molecule has 0 aliphatic carbocycles. The summed E-state index contributed by atoms with van der Waals surface area (Å²) in [6.45, 7) is 2.79. The molecule has 0 saturated heterocycles. The molecule has 2 N–H and O–H groups in total. The van der Waals surface area contributed by atoms with Gasteiger partial charge in [0.25, 0.3) is 0 Å². The highest BCUT2D eigenvalue weighted by Gasteiger charge is 2.13. The van der Waals surface area contributed by atoms with E-state index in [-0.39, 0.29) is 5.75 Å². The van der Waals surface area contributed by atoms with E-state index < -0.39 is 9.84 Å². The molecular weight excluding hydrogens is 330 g/mol. The third-order valence-electron chi connectivity index (χ3n) is 3.18. The van der Waals surface area contributed by atoms with Crippen molar-refractivity contribution in [2.75, 3.05) is 52.8 Å². The van der Waals surface area contributed by atoms with Crippen LogP contribution in [0.4, 0.5) is 0 Å². The Labute approximate surface area is 144 Å². The summed E-state index contributed by atoms with van der Waals surface area (Å²) in [6, 6.07) is 8.44. The van der Waals surface area contributed by atoms with Gasteiger partial charge < -0.3 is 20.1 Å². The van der Waals surface area contributed by atoms with Crippen LogP contribution in [0.15, 0.2) is 40.2 Å². The number of rotatable bonds is 11. The fraction of sp³-hybridized carbons (Fsp3) is 0.562. The minimum absolute atomic E-state index is 0.0117. The third-order valence-corrected chi connectivity index (χ3v) is 4.91. The van der Waals surface area contributed by atoms with Crippen molar-refractivity contribution in [1.82, 2.24) is 10.6 Å². The number of hydrogen-bond acceptors (Lipinski definition) is 5. The molecule has 0 aromatic heterocycles. The highest BCUT2D eigenvalue weighted by molar-refractivity contribution is 7.91. The molecule has 8 heteroatoms. The fourth-order valence-electron chi connectivity index (χ4n) is 1.90. The molecule has 136 valence electrons. The van der Waals surface area contributed by atoms with Gasteiger partial charge in [-0.2, -0.15) is 0 Å². The number of benzene rings is 1. The summed E-state index contributed by atoms with van der Waals surface area (Å²) in [4.78, 5) is 4.40. The van der Waals surface area contributed by atoms with E-state index in [0.717, 1.165) is 6.42 Å². The molecule has 0 bridgehead atoms. The third kappa shape index (κ3) is 8.28. The molecule has 1 aromatic carbocycles. The zero-order valence-corrected chi connectivity index (χ0v) is 15.1. The largest absolute Gasteiger partial charge is 0.382 e. The van der Waals surface area contributed by atoms with E-state index in [1.165, 1.54) is 0 Å². The van der Waals surface area contributed by atoms with Gasteiger partial charge in [0.15, 0.2) is 15.8 Å².